The van der Waals surface area contributed by atoms with E-state index in [1.807, 2.05) is 30.1 Å². The van der Waals surface area contributed by atoms with Gasteiger partial charge < -0.3 is 20.2 Å². The highest BCUT2D eigenvalue weighted by Gasteiger charge is 2.41. The van der Waals surface area contributed by atoms with E-state index >= 15 is 0 Å². The Balaban J connectivity index is 1.76. The van der Waals surface area contributed by atoms with Crippen LogP contribution in [0.1, 0.15) is 51.0 Å². The van der Waals surface area contributed by atoms with Gasteiger partial charge >= 0.3 is 0 Å². The summed E-state index contributed by atoms with van der Waals surface area (Å²) in [5.41, 5.74) is 0.965. The van der Waals surface area contributed by atoms with Crippen LogP contribution in [-0.4, -0.2) is 72.6 Å². The maximum absolute atomic E-state index is 13.2. The maximum Gasteiger partial charge on any atom is 0.227 e. The predicted molar refractivity (Wildman–Crippen MR) is 118 cm³/mol. The molecule has 0 aromatic heterocycles. The van der Waals surface area contributed by atoms with E-state index in [0.717, 1.165) is 45.2 Å². The van der Waals surface area contributed by atoms with Crippen molar-refractivity contribution in [1.82, 2.24) is 15.1 Å². The largest absolute Gasteiger partial charge is 0.391 e. The SMILES string of the molecule is CC(=O)NC[C@]1(c2ccccc2)CC[C@@H](O)[C@H](N(C)C(=O)[C@@H]2CCCN(C)C2)CC1. The molecule has 1 aromatic carbocycles. The smallest absolute Gasteiger partial charge is 0.227 e. The van der Waals surface area contributed by atoms with Gasteiger partial charge in [0.15, 0.2) is 0 Å². The first kappa shape index (κ1) is 22.8. The van der Waals surface area contributed by atoms with Gasteiger partial charge in [-0.1, -0.05) is 30.3 Å². The molecule has 2 aliphatic rings. The van der Waals surface area contributed by atoms with Crippen LogP contribution in [0.15, 0.2) is 30.3 Å². The van der Waals surface area contributed by atoms with Crippen LogP contribution in [0.25, 0.3) is 0 Å². The van der Waals surface area contributed by atoms with Gasteiger partial charge in [-0.15, -0.1) is 0 Å². The monoisotopic (exact) mass is 415 g/mol. The van der Waals surface area contributed by atoms with Crippen LogP contribution in [0.2, 0.25) is 0 Å². The molecule has 166 valence electrons. The molecule has 6 heteroatoms. The Morgan fingerprint density at radius 1 is 1.20 bits per heavy atom. The number of aliphatic hydroxyl groups excluding tert-OH is 1. The van der Waals surface area contributed by atoms with Crippen LogP contribution >= 0.6 is 0 Å². The average Bonchev–Trinajstić information content (AvgIpc) is 2.91. The quantitative estimate of drug-likeness (QED) is 0.723. The number of carbonyl (C=O) groups is 2. The molecule has 1 aromatic rings. The highest BCUT2D eigenvalue weighted by atomic mass is 16.3. The molecular formula is C24H37N3O3. The number of rotatable bonds is 5. The fraction of sp³-hybridized carbons (Fsp3) is 0.667. The van der Waals surface area contributed by atoms with Crippen LogP contribution < -0.4 is 5.32 Å². The zero-order valence-corrected chi connectivity index (χ0v) is 18.6. The van der Waals surface area contributed by atoms with Gasteiger partial charge in [-0.3, -0.25) is 9.59 Å². The normalized spacial score (nSPS) is 30.3. The molecule has 1 saturated heterocycles. The first-order valence-corrected chi connectivity index (χ1v) is 11.3. The number of benzene rings is 1. The molecule has 1 saturated carbocycles. The van der Waals surface area contributed by atoms with E-state index in [9.17, 15) is 14.7 Å². The summed E-state index contributed by atoms with van der Waals surface area (Å²) in [6.45, 7) is 3.93. The number of piperidine rings is 1. The Kier molecular flexibility index (Phi) is 7.53. The molecule has 2 amide bonds. The van der Waals surface area contributed by atoms with Crippen molar-refractivity contribution < 1.29 is 14.7 Å². The molecule has 2 N–H and O–H groups in total. The summed E-state index contributed by atoms with van der Waals surface area (Å²) in [4.78, 5) is 28.9. The van der Waals surface area contributed by atoms with Crippen LogP contribution in [-0.2, 0) is 15.0 Å². The van der Waals surface area contributed by atoms with Crippen LogP contribution in [0.3, 0.4) is 0 Å². The standard InChI is InChI=1S/C24H37N3O3/c1-18(28)25-17-24(20-9-5-4-6-10-20)13-11-21(22(29)12-14-24)27(3)23(30)19-8-7-15-26(2)16-19/h4-6,9-10,19,21-22,29H,7-8,11-17H2,1-3H3,(H,25,28)/t19-,21-,22-,24-/m1/s1. The predicted octanol–water partition coefficient (Wildman–Crippen LogP) is 2.16. The van der Waals surface area contributed by atoms with Gasteiger partial charge in [0.2, 0.25) is 11.8 Å². The van der Waals surface area contributed by atoms with E-state index in [1.54, 1.807) is 6.92 Å². The molecule has 0 unspecified atom stereocenters. The number of likely N-dealkylation sites (tertiary alicyclic amines) is 1. The van der Waals surface area contributed by atoms with Gasteiger partial charge in [-0.05, 0) is 57.7 Å². The summed E-state index contributed by atoms with van der Waals surface area (Å²) in [6.07, 6.45) is 4.35. The van der Waals surface area contributed by atoms with Gasteiger partial charge in [0.1, 0.15) is 0 Å². The molecule has 1 aliphatic heterocycles. The van der Waals surface area contributed by atoms with Gasteiger partial charge in [0.25, 0.3) is 0 Å². The zero-order chi connectivity index (χ0) is 21.7. The number of amides is 2. The molecule has 1 aliphatic carbocycles. The molecule has 0 spiro atoms. The van der Waals surface area contributed by atoms with E-state index in [-0.39, 0.29) is 29.2 Å². The van der Waals surface area contributed by atoms with Gasteiger partial charge in [0, 0.05) is 32.5 Å². The third kappa shape index (κ3) is 5.22. The second-order valence-corrected chi connectivity index (χ2v) is 9.32. The molecule has 1 heterocycles. The van der Waals surface area contributed by atoms with Crippen molar-refractivity contribution in [2.24, 2.45) is 5.92 Å². The number of likely N-dealkylation sites (N-methyl/N-ethyl adjacent to an activating group) is 1. The van der Waals surface area contributed by atoms with Crippen molar-refractivity contribution in [3.8, 4) is 0 Å². The average molecular weight is 416 g/mol. The molecule has 30 heavy (non-hydrogen) atoms. The second kappa shape index (κ2) is 9.92. The Labute approximate surface area is 180 Å². The highest BCUT2D eigenvalue weighted by molar-refractivity contribution is 5.79. The van der Waals surface area contributed by atoms with Crippen LogP contribution in [0.4, 0.5) is 0 Å². The number of carbonyl (C=O) groups excluding carboxylic acids is 2. The molecular weight excluding hydrogens is 378 g/mol. The van der Waals surface area contributed by atoms with Crippen molar-refractivity contribution in [2.45, 2.75) is 63.0 Å². The number of hydrogen-bond acceptors (Lipinski definition) is 4. The number of hydrogen-bond donors (Lipinski definition) is 2. The molecule has 0 bridgehead atoms. The van der Waals surface area contributed by atoms with Crippen molar-refractivity contribution >= 4 is 11.8 Å². The molecule has 6 nitrogen and oxygen atoms in total. The Morgan fingerprint density at radius 2 is 1.90 bits per heavy atom. The zero-order valence-electron chi connectivity index (χ0n) is 18.6. The molecule has 3 rings (SSSR count). The van der Waals surface area contributed by atoms with Crippen molar-refractivity contribution in [1.29, 1.82) is 0 Å². The van der Waals surface area contributed by atoms with E-state index in [1.165, 1.54) is 5.56 Å². The minimum atomic E-state index is -0.553. The summed E-state index contributed by atoms with van der Waals surface area (Å²) in [7, 11) is 3.92. The lowest BCUT2D eigenvalue weighted by Gasteiger charge is -2.37. The third-order valence-corrected chi connectivity index (χ3v) is 7.16. The first-order chi connectivity index (χ1) is 14.3. The van der Waals surface area contributed by atoms with E-state index in [4.69, 9.17) is 0 Å². The van der Waals surface area contributed by atoms with Crippen LogP contribution in [0.5, 0.6) is 0 Å². The summed E-state index contributed by atoms with van der Waals surface area (Å²) in [6, 6.07) is 10.1. The number of nitrogens with one attached hydrogen (secondary N) is 1. The fourth-order valence-electron chi connectivity index (χ4n) is 5.28. The lowest BCUT2D eigenvalue weighted by molar-refractivity contribution is -0.140. The highest BCUT2D eigenvalue weighted by Crippen LogP contribution is 2.39. The van der Waals surface area contributed by atoms with E-state index in [0.29, 0.717) is 13.0 Å². The summed E-state index contributed by atoms with van der Waals surface area (Å²) >= 11 is 0. The summed E-state index contributed by atoms with van der Waals surface area (Å²) < 4.78 is 0. The van der Waals surface area contributed by atoms with Crippen molar-refractivity contribution in [2.75, 3.05) is 33.7 Å². The molecule has 0 radical (unpaired) electrons. The Hall–Kier alpha value is -1.92. The Bertz CT molecular complexity index is 726. The maximum atomic E-state index is 13.2. The van der Waals surface area contributed by atoms with Crippen molar-refractivity contribution in [3.05, 3.63) is 35.9 Å². The number of aliphatic hydroxyl groups is 1. The second-order valence-electron chi connectivity index (χ2n) is 9.32. The number of nitrogens with zero attached hydrogens (tertiary/aromatic N) is 2. The van der Waals surface area contributed by atoms with Gasteiger partial charge in [0.05, 0.1) is 18.1 Å². The minimum Gasteiger partial charge on any atom is -0.391 e. The minimum absolute atomic E-state index is 0.0162. The van der Waals surface area contributed by atoms with Gasteiger partial charge in [-0.25, -0.2) is 0 Å². The Morgan fingerprint density at radius 3 is 2.57 bits per heavy atom. The summed E-state index contributed by atoms with van der Waals surface area (Å²) in [5, 5.41) is 14.0. The summed E-state index contributed by atoms with van der Waals surface area (Å²) in [5.74, 6) is 0.127. The molecule has 4 atom stereocenters. The topological polar surface area (TPSA) is 72.9 Å². The third-order valence-electron chi connectivity index (χ3n) is 7.16. The van der Waals surface area contributed by atoms with Crippen molar-refractivity contribution in [3.63, 3.8) is 0 Å². The van der Waals surface area contributed by atoms with Crippen LogP contribution in [0, 0.1) is 5.92 Å². The first-order valence-electron chi connectivity index (χ1n) is 11.3. The van der Waals surface area contributed by atoms with Gasteiger partial charge in [-0.2, -0.15) is 0 Å². The lowest BCUT2D eigenvalue weighted by Crippen LogP contribution is -2.49. The molecule has 2 fully saturated rings. The van der Waals surface area contributed by atoms with E-state index < -0.39 is 6.10 Å². The fourth-order valence-corrected chi connectivity index (χ4v) is 5.28. The lowest BCUT2D eigenvalue weighted by atomic mass is 9.74. The van der Waals surface area contributed by atoms with E-state index in [2.05, 4.69) is 29.4 Å².